The number of nitrogen functional groups attached to an aromatic ring is 1. The molecule has 2 aromatic rings. The topological polar surface area (TPSA) is 67.1 Å². The van der Waals surface area contributed by atoms with Gasteiger partial charge < -0.3 is 11.1 Å². The highest BCUT2D eigenvalue weighted by Gasteiger charge is 2.21. The zero-order valence-corrected chi connectivity index (χ0v) is 14.5. The van der Waals surface area contributed by atoms with Gasteiger partial charge in [-0.3, -0.25) is 4.90 Å². The lowest BCUT2D eigenvalue weighted by Gasteiger charge is -2.29. The van der Waals surface area contributed by atoms with Crippen LogP contribution in [0.25, 0.3) is 0 Å². The van der Waals surface area contributed by atoms with Crippen LogP contribution in [0.5, 0.6) is 0 Å². The van der Waals surface area contributed by atoms with E-state index >= 15 is 0 Å². The van der Waals surface area contributed by atoms with Crippen LogP contribution in [0.15, 0.2) is 30.3 Å². The molecule has 0 atom stereocenters. The monoisotopic (exact) mass is 325 g/mol. The number of fused-ring (bicyclic) bond motifs is 1. The molecule has 3 rings (SSSR count). The van der Waals surface area contributed by atoms with Crippen LogP contribution >= 0.6 is 0 Å². The number of nitrogens with two attached hydrogens (primary N) is 1. The fourth-order valence-corrected chi connectivity index (χ4v) is 3.14. The highest BCUT2D eigenvalue weighted by atomic mass is 15.2. The van der Waals surface area contributed by atoms with Crippen LogP contribution in [-0.2, 0) is 19.4 Å². The van der Waals surface area contributed by atoms with Crippen molar-refractivity contribution in [2.24, 2.45) is 0 Å². The quantitative estimate of drug-likeness (QED) is 0.766. The van der Waals surface area contributed by atoms with E-state index in [2.05, 4.69) is 57.4 Å². The Balaban J connectivity index is 1.67. The van der Waals surface area contributed by atoms with Gasteiger partial charge in [-0.15, -0.1) is 0 Å². The number of unbranched alkanes of at least 4 members (excludes halogenated alkanes) is 1. The van der Waals surface area contributed by atoms with E-state index in [0.717, 1.165) is 57.0 Å². The number of benzene rings is 1. The fourth-order valence-electron chi connectivity index (χ4n) is 3.14. The van der Waals surface area contributed by atoms with Gasteiger partial charge in [0, 0.05) is 38.2 Å². The Kier molecular flexibility index (Phi) is 5.64. The highest BCUT2D eigenvalue weighted by Crippen LogP contribution is 2.24. The molecule has 0 amide bonds. The summed E-state index contributed by atoms with van der Waals surface area (Å²) in [6, 6.07) is 10.7. The third kappa shape index (κ3) is 4.23. The average molecular weight is 325 g/mol. The molecular formula is C19H27N5. The van der Waals surface area contributed by atoms with Crippen LogP contribution in [0.3, 0.4) is 0 Å². The van der Waals surface area contributed by atoms with Crippen molar-refractivity contribution in [3.8, 4) is 0 Å². The third-order valence-electron chi connectivity index (χ3n) is 4.54. The van der Waals surface area contributed by atoms with Gasteiger partial charge in [-0.25, -0.2) is 4.98 Å². The van der Waals surface area contributed by atoms with Crippen LogP contribution in [-0.4, -0.2) is 34.5 Å². The molecule has 24 heavy (non-hydrogen) atoms. The normalized spacial score (nSPS) is 14.4. The zero-order valence-electron chi connectivity index (χ0n) is 14.5. The standard InChI is InChI=1S/C19H27N5/c1-2-3-11-21-18-16-14-24(12-9-15-7-5-4-6-8-15)13-10-17(16)22-19(20)23-18/h4-8H,2-3,9-14H2,1H3,(H3,20,21,22,23). The van der Waals surface area contributed by atoms with Crippen LogP contribution in [0, 0.1) is 0 Å². The lowest BCUT2D eigenvalue weighted by atomic mass is 10.0. The maximum absolute atomic E-state index is 5.88. The minimum Gasteiger partial charge on any atom is -0.370 e. The Bertz CT molecular complexity index is 656. The smallest absolute Gasteiger partial charge is 0.222 e. The number of nitrogens with zero attached hydrogens (tertiary/aromatic N) is 3. The summed E-state index contributed by atoms with van der Waals surface area (Å²) in [5, 5.41) is 3.45. The second-order valence-corrected chi connectivity index (χ2v) is 6.40. The van der Waals surface area contributed by atoms with Gasteiger partial charge in [0.15, 0.2) is 0 Å². The Hall–Kier alpha value is -2.14. The molecule has 0 aliphatic carbocycles. The van der Waals surface area contributed by atoms with Crippen molar-refractivity contribution >= 4 is 11.8 Å². The molecule has 2 heterocycles. The SMILES string of the molecule is CCCCNc1nc(N)nc2c1CN(CCc1ccccc1)CC2. The number of rotatable bonds is 7. The molecule has 5 heteroatoms. The number of anilines is 2. The second-order valence-electron chi connectivity index (χ2n) is 6.40. The zero-order chi connectivity index (χ0) is 16.8. The first-order valence-corrected chi connectivity index (χ1v) is 8.91. The molecule has 1 aliphatic heterocycles. The van der Waals surface area contributed by atoms with E-state index in [9.17, 15) is 0 Å². The second kappa shape index (κ2) is 8.11. The van der Waals surface area contributed by atoms with Gasteiger partial charge in [0.25, 0.3) is 0 Å². The van der Waals surface area contributed by atoms with Crippen molar-refractivity contribution in [1.82, 2.24) is 14.9 Å². The molecule has 0 saturated carbocycles. The van der Waals surface area contributed by atoms with Crippen molar-refractivity contribution < 1.29 is 0 Å². The molecule has 0 unspecified atom stereocenters. The van der Waals surface area contributed by atoms with E-state index in [1.165, 1.54) is 17.5 Å². The minimum absolute atomic E-state index is 0.380. The van der Waals surface area contributed by atoms with Gasteiger partial charge >= 0.3 is 0 Å². The molecule has 0 saturated heterocycles. The molecule has 0 spiro atoms. The van der Waals surface area contributed by atoms with Gasteiger partial charge in [0.1, 0.15) is 5.82 Å². The molecule has 1 aliphatic rings. The first-order valence-electron chi connectivity index (χ1n) is 8.91. The summed E-state index contributed by atoms with van der Waals surface area (Å²) >= 11 is 0. The van der Waals surface area contributed by atoms with Crippen LogP contribution in [0.1, 0.15) is 36.6 Å². The molecule has 128 valence electrons. The molecule has 3 N–H and O–H groups in total. The Morgan fingerprint density at radius 1 is 1.21 bits per heavy atom. The van der Waals surface area contributed by atoms with Crippen molar-refractivity contribution in [3.05, 3.63) is 47.2 Å². The van der Waals surface area contributed by atoms with Gasteiger partial charge in [-0.2, -0.15) is 4.98 Å². The van der Waals surface area contributed by atoms with E-state index in [0.29, 0.717) is 5.95 Å². The predicted molar refractivity (Wildman–Crippen MR) is 99.0 cm³/mol. The Morgan fingerprint density at radius 2 is 2.04 bits per heavy atom. The van der Waals surface area contributed by atoms with Gasteiger partial charge in [-0.1, -0.05) is 43.7 Å². The number of hydrogen-bond acceptors (Lipinski definition) is 5. The van der Waals surface area contributed by atoms with E-state index in [1.807, 2.05) is 0 Å². The largest absolute Gasteiger partial charge is 0.370 e. The average Bonchev–Trinajstić information content (AvgIpc) is 2.61. The summed E-state index contributed by atoms with van der Waals surface area (Å²) < 4.78 is 0. The lowest BCUT2D eigenvalue weighted by Crippen LogP contribution is -2.34. The fraction of sp³-hybridized carbons (Fsp3) is 0.474. The summed E-state index contributed by atoms with van der Waals surface area (Å²) in [5.74, 6) is 1.31. The van der Waals surface area contributed by atoms with Crippen LogP contribution in [0.2, 0.25) is 0 Å². The number of aromatic nitrogens is 2. The van der Waals surface area contributed by atoms with E-state index in [4.69, 9.17) is 5.73 Å². The predicted octanol–water partition coefficient (Wildman–Crippen LogP) is 2.87. The Labute approximate surface area is 144 Å². The Morgan fingerprint density at radius 3 is 2.83 bits per heavy atom. The van der Waals surface area contributed by atoms with Gasteiger partial charge in [-0.05, 0) is 18.4 Å². The molecule has 5 nitrogen and oxygen atoms in total. The van der Waals surface area contributed by atoms with E-state index in [1.54, 1.807) is 0 Å². The summed E-state index contributed by atoms with van der Waals surface area (Å²) in [5.41, 5.74) is 9.60. The molecule has 1 aromatic heterocycles. The van der Waals surface area contributed by atoms with Gasteiger partial charge in [0.2, 0.25) is 5.95 Å². The van der Waals surface area contributed by atoms with Crippen molar-refractivity contribution in [3.63, 3.8) is 0 Å². The summed E-state index contributed by atoms with van der Waals surface area (Å²) in [4.78, 5) is 11.4. The first kappa shape index (κ1) is 16.7. The highest BCUT2D eigenvalue weighted by molar-refractivity contribution is 5.50. The molecule has 1 aromatic carbocycles. The van der Waals surface area contributed by atoms with Crippen molar-refractivity contribution in [2.45, 2.75) is 39.2 Å². The summed E-state index contributed by atoms with van der Waals surface area (Å²) in [6.45, 7) is 6.12. The molecule has 0 fully saturated rings. The third-order valence-corrected chi connectivity index (χ3v) is 4.54. The van der Waals surface area contributed by atoms with Gasteiger partial charge in [0.05, 0.1) is 5.69 Å². The lowest BCUT2D eigenvalue weighted by molar-refractivity contribution is 0.255. The summed E-state index contributed by atoms with van der Waals surface area (Å²) in [6.07, 6.45) is 4.32. The van der Waals surface area contributed by atoms with Crippen LogP contribution in [0.4, 0.5) is 11.8 Å². The maximum atomic E-state index is 5.88. The maximum Gasteiger partial charge on any atom is 0.222 e. The molecule has 0 bridgehead atoms. The molecule has 0 radical (unpaired) electrons. The summed E-state index contributed by atoms with van der Waals surface area (Å²) in [7, 11) is 0. The number of nitrogens with one attached hydrogen (secondary N) is 1. The van der Waals surface area contributed by atoms with Crippen LogP contribution < -0.4 is 11.1 Å². The van der Waals surface area contributed by atoms with Crippen molar-refractivity contribution in [1.29, 1.82) is 0 Å². The first-order chi connectivity index (χ1) is 11.8. The minimum atomic E-state index is 0.380. The van der Waals surface area contributed by atoms with E-state index < -0.39 is 0 Å². The van der Waals surface area contributed by atoms with E-state index in [-0.39, 0.29) is 0 Å². The number of hydrogen-bond donors (Lipinski definition) is 2. The van der Waals surface area contributed by atoms with Crippen molar-refractivity contribution in [2.75, 3.05) is 30.7 Å². The molecular weight excluding hydrogens is 298 g/mol.